The summed E-state index contributed by atoms with van der Waals surface area (Å²) in [7, 11) is 1.93. The van der Waals surface area contributed by atoms with Crippen molar-refractivity contribution >= 4 is 34.5 Å². The van der Waals surface area contributed by atoms with E-state index in [1.165, 1.54) is 22.4 Å². The molecule has 5 aliphatic heterocycles. The van der Waals surface area contributed by atoms with E-state index in [1.807, 2.05) is 34.9 Å². The average molecular weight is 592 g/mol. The zero-order valence-corrected chi connectivity index (χ0v) is 25.7. The Kier molecular flexibility index (Phi) is 6.68. The third-order valence-electron chi connectivity index (χ3n) is 10.8. The molecule has 8 rings (SSSR count). The summed E-state index contributed by atoms with van der Waals surface area (Å²) in [6.07, 6.45) is 13.9. The Morgan fingerprint density at radius 3 is 2.73 bits per heavy atom. The molecule has 2 N–H and O–H groups in total. The van der Waals surface area contributed by atoms with Crippen LogP contribution in [-0.4, -0.2) is 74.2 Å². The van der Waals surface area contributed by atoms with Gasteiger partial charge in [-0.2, -0.15) is 14.7 Å². The fourth-order valence-electron chi connectivity index (χ4n) is 8.35. The molecular formula is C34H41N9O. The third kappa shape index (κ3) is 4.32. The van der Waals surface area contributed by atoms with Crippen molar-refractivity contribution in [2.24, 2.45) is 10.1 Å². The molecular weight excluding hydrogens is 550 g/mol. The van der Waals surface area contributed by atoms with Gasteiger partial charge in [-0.3, -0.25) is 15.2 Å². The van der Waals surface area contributed by atoms with Gasteiger partial charge >= 0.3 is 0 Å². The summed E-state index contributed by atoms with van der Waals surface area (Å²) in [5.41, 5.74) is 10.9. The van der Waals surface area contributed by atoms with Crippen LogP contribution in [0.2, 0.25) is 0 Å². The van der Waals surface area contributed by atoms with Crippen molar-refractivity contribution in [3.63, 3.8) is 0 Å². The first-order valence-corrected chi connectivity index (χ1v) is 16.4. The lowest BCUT2D eigenvalue weighted by atomic mass is 9.70. The van der Waals surface area contributed by atoms with Gasteiger partial charge < -0.3 is 15.1 Å². The summed E-state index contributed by atoms with van der Waals surface area (Å²) in [5.74, 6) is 1.70. The van der Waals surface area contributed by atoms with Gasteiger partial charge in [0.15, 0.2) is 5.65 Å². The normalized spacial score (nSPS) is 26.4. The number of amidine groups is 1. The fourth-order valence-corrected chi connectivity index (χ4v) is 8.35. The number of amides is 1. The molecule has 10 heteroatoms. The van der Waals surface area contributed by atoms with Gasteiger partial charge in [-0.05, 0) is 75.3 Å². The molecule has 0 saturated carbocycles. The molecule has 2 bridgehead atoms. The fraction of sp³-hybridized carbons (Fsp3) is 0.500. The van der Waals surface area contributed by atoms with Gasteiger partial charge in [0.1, 0.15) is 12.5 Å². The molecule has 228 valence electrons. The van der Waals surface area contributed by atoms with Crippen LogP contribution >= 0.6 is 0 Å². The number of hydrogen-bond acceptors (Lipinski definition) is 8. The number of nitrogens with one attached hydrogen (secondary N) is 2. The molecule has 3 unspecified atom stereocenters. The number of nitrogens with zero attached hydrogens (tertiary/aromatic N) is 7. The first kappa shape index (κ1) is 27.3. The highest BCUT2D eigenvalue weighted by Gasteiger charge is 2.49. The Labute approximate surface area is 258 Å². The Balaban J connectivity index is 1.19. The summed E-state index contributed by atoms with van der Waals surface area (Å²) >= 11 is 0. The lowest BCUT2D eigenvalue weighted by Crippen LogP contribution is -2.48. The summed E-state index contributed by atoms with van der Waals surface area (Å²) in [6, 6.07) is 10.9. The molecule has 2 fully saturated rings. The van der Waals surface area contributed by atoms with Crippen molar-refractivity contribution in [1.82, 2.24) is 29.8 Å². The minimum atomic E-state index is -0.105. The van der Waals surface area contributed by atoms with Gasteiger partial charge in [-0.25, -0.2) is 4.98 Å². The summed E-state index contributed by atoms with van der Waals surface area (Å²) in [6.45, 7) is 3.83. The van der Waals surface area contributed by atoms with Crippen LogP contribution in [-0.2, 0) is 16.6 Å². The number of likely N-dealkylation sites (N-methyl/N-ethyl adjacent to an activating group) is 1. The highest BCUT2D eigenvalue weighted by atomic mass is 16.2. The van der Waals surface area contributed by atoms with Crippen molar-refractivity contribution in [3.8, 4) is 0 Å². The molecule has 3 atom stereocenters. The van der Waals surface area contributed by atoms with Gasteiger partial charge in [-0.1, -0.05) is 37.3 Å². The van der Waals surface area contributed by atoms with Crippen molar-refractivity contribution in [3.05, 3.63) is 65.1 Å². The van der Waals surface area contributed by atoms with Gasteiger partial charge in [-0.15, -0.1) is 0 Å². The molecule has 1 amide bonds. The van der Waals surface area contributed by atoms with Crippen LogP contribution in [0.5, 0.6) is 0 Å². The van der Waals surface area contributed by atoms with Gasteiger partial charge in [0.05, 0.1) is 11.9 Å². The molecule has 1 aromatic carbocycles. The van der Waals surface area contributed by atoms with Crippen molar-refractivity contribution in [1.29, 1.82) is 0 Å². The Bertz CT molecular complexity index is 1710. The number of carbonyl (C=O) groups excluding carboxylic acids is 1. The number of anilines is 1. The number of rotatable bonds is 5. The molecule has 5 aliphatic rings. The second-order valence-corrected chi connectivity index (χ2v) is 13.1. The maximum Gasteiger partial charge on any atom is 0.291 e. The van der Waals surface area contributed by atoms with Crippen LogP contribution in [0.3, 0.4) is 0 Å². The number of hydrazone groups is 1. The molecule has 0 radical (unpaired) electrons. The average Bonchev–Trinajstić information content (AvgIpc) is 3.78. The second-order valence-electron chi connectivity index (χ2n) is 13.1. The molecule has 44 heavy (non-hydrogen) atoms. The first-order chi connectivity index (χ1) is 21.6. The van der Waals surface area contributed by atoms with Gasteiger partial charge in [0, 0.05) is 54.1 Å². The number of aliphatic imine (C=N–C) groups is 1. The maximum absolute atomic E-state index is 13.8. The monoisotopic (exact) mass is 591 g/mol. The van der Waals surface area contributed by atoms with Gasteiger partial charge in [0.25, 0.3) is 5.91 Å². The molecule has 10 nitrogen and oxygen atoms in total. The number of benzene rings is 1. The largest absolute Gasteiger partial charge is 0.370 e. The molecule has 2 aromatic heterocycles. The predicted octanol–water partition coefficient (Wildman–Crippen LogP) is 4.71. The van der Waals surface area contributed by atoms with Gasteiger partial charge in [0.2, 0.25) is 5.84 Å². The van der Waals surface area contributed by atoms with E-state index in [-0.39, 0.29) is 23.4 Å². The van der Waals surface area contributed by atoms with Crippen molar-refractivity contribution < 1.29 is 4.79 Å². The summed E-state index contributed by atoms with van der Waals surface area (Å²) in [4.78, 5) is 28.4. The zero-order valence-electron chi connectivity index (χ0n) is 25.7. The zero-order chi connectivity index (χ0) is 29.8. The van der Waals surface area contributed by atoms with Crippen LogP contribution < -0.4 is 10.7 Å². The lowest BCUT2D eigenvalue weighted by molar-refractivity contribution is -0.127. The van der Waals surface area contributed by atoms with E-state index in [2.05, 4.69) is 51.9 Å². The highest BCUT2D eigenvalue weighted by Crippen LogP contribution is 2.49. The number of hydrogen-bond donors (Lipinski definition) is 2. The Hall–Kier alpha value is -4.21. The Morgan fingerprint density at radius 2 is 1.95 bits per heavy atom. The SMILES string of the molecule is CCC1(c2nc3c(C4=CN=C(c5ccccc5)CC4)cnn3c3c2CCCN3)CCC2CCC(C1)N2C(=O)C1=NNCN1C. The lowest BCUT2D eigenvalue weighted by Gasteiger charge is -2.37. The van der Waals surface area contributed by atoms with E-state index in [9.17, 15) is 4.79 Å². The van der Waals surface area contributed by atoms with Crippen LogP contribution in [0.15, 0.2) is 52.8 Å². The number of carbonyl (C=O) groups is 1. The third-order valence-corrected chi connectivity index (χ3v) is 10.8. The van der Waals surface area contributed by atoms with Crippen LogP contribution in [0.25, 0.3) is 11.2 Å². The standard InChI is InChI=1S/C34H41N9O/c1-3-34(16-15-24-12-13-25(18-34)42(24)33(44)32-40-37-21-41(32)2)29-26-10-7-17-35-30(26)43-31(39-29)27(20-38-43)23-11-14-28(36-19-23)22-8-5-4-6-9-22/h4-6,8-9,19-20,24-25,35,37H,3,7,10-18,21H2,1-2H3. The highest BCUT2D eigenvalue weighted by molar-refractivity contribution is 6.38. The first-order valence-electron chi connectivity index (χ1n) is 16.4. The van der Waals surface area contributed by atoms with Crippen LogP contribution in [0, 0.1) is 0 Å². The smallest absolute Gasteiger partial charge is 0.291 e. The number of fused-ring (bicyclic) bond motifs is 5. The minimum absolute atomic E-state index is 0.0711. The maximum atomic E-state index is 13.8. The van der Waals surface area contributed by atoms with E-state index >= 15 is 0 Å². The molecule has 7 heterocycles. The summed E-state index contributed by atoms with van der Waals surface area (Å²) < 4.78 is 2.04. The molecule has 3 aromatic rings. The van der Waals surface area contributed by atoms with Crippen LogP contribution in [0.4, 0.5) is 5.82 Å². The Morgan fingerprint density at radius 1 is 1.09 bits per heavy atom. The second kappa shape index (κ2) is 10.7. The van der Waals surface area contributed by atoms with E-state index in [0.717, 1.165) is 93.5 Å². The molecule has 0 spiro atoms. The van der Waals surface area contributed by atoms with E-state index < -0.39 is 0 Å². The van der Waals surface area contributed by atoms with E-state index in [0.29, 0.717) is 12.5 Å². The van der Waals surface area contributed by atoms with Crippen molar-refractivity contribution in [2.45, 2.75) is 88.6 Å². The molecule has 2 saturated heterocycles. The van der Waals surface area contributed by atoms with Crippen LogP contribution in [0.1, 0.15) is 87.1 Å². The van der Waals surface area contributed by atoms with Crippen molar-refractivity contribution in [2.75, 3.05) is 25.6 Å². The molecule has 0 aliphatic carbocycles. The number of aromatic nitrogens is 3. The quantitative estimate of drug-likeness (QED) is 0.446. The topological polar surface area (TPSA) is 103 Å². The minimum Gasteiger partial charge on any atom is -0.370 e. The summed E-state index contributed by atoms with van der Waals surface area (Å²) in [5, 5.41) is 13.0. The van der Waals surface area contributed by atoms with E-state index in [1.54, 1.807) is 0 Å². The van der Waals surface area contributed by atoms with E-state index in [4.69, 9.17) is 15.1 Å². The number of allylic oxidation sites excluding steroid dienone is 1. The predicted molar refractivity (Wildman–Crippen MR) is 173 cm³/mol.